The van der Waals surface area contributed by atoms with E-state index in [4.69, 9.17) is 0 Å². The van der Waals surface area contributed by atoms with E-state index in [2.05, 4.69) is 20.9 Å². The minimum atomic E-state index is -0.305. The fraction of sp³-hybridized carbons (Fsp3) is 0.154. The van der Waals surface area contributed by atoms with Crippen LogP contribution in [-0.4, -0.2) is 26.8 Å². The molecule has 1 aromatic heterocycles. The number of carbonyl (C=O) groups excluding carboxylic acids is 2. The molecule has 7 heteroatoms. The summed E-state index contributed by atoms with van der Waals surface area (Å²) < 4.78 is 1.66. The standard InChI is InChI=1S/C26H25N5O2/c1-17-10-12-21(13-11-17)25(32)28-22-8-5-7-20(15-22)16-27-26(33)24-19(3)31(30-29-24)23-9-4-6-18(2)14-23/h4-15H,16H2,1-3H3,(H,27,33)(H,28,32). The lowest BCUT2D eigenvalue weighted by Crippen LogP contribution is -2.24. The molecule has 4 rings (SSSR count). The molecule has 0 aliphatic carbocycles. The smallest absolute Gasteiger partial charge is 0.274 e. The molecule has 3 aromatic carbocycles. The first-order chi connectivity index (χ1) is 15.9. The molecule has 0 unspecified atom stereocenters. The molecule has 0 fully saturated rings. The van der Waals surface area contributed by atoms with Crippen LogP contribution in [0.25, 0.3) is 5.69 Å². The number of hydrogen-bond acceptors (Lipinski definition) is 4. The highest BCUT2D eigenvalue weighted by atomic mass is 16.2. The van der Waals surface area contributed by atoms with Gasteiger partial charge in [-0.1, -0.05) is 47.2 Å². The number of rotatable bonds is 6. The summed E-state index contributed by atoms with van der Waals surface area (Å²) in [6, 6.07) is 22.6. The van der Waals surface area contributed by atoms with Crippen molar-refractivity contribution in [3.8, 4) is 5.69 Å². The Morgan fingerprint density at radius 1 is 0.848 bits per heavy atom. The Morgan fingerprint density at radius 3 is 2.36 bits per heavy atom. The molecule has 0 radical (unpaired) electrons. The molecular formula is C26H25N5O2. The molecule has 2 amide bonds. The van der Waals surface area contributed by atoms with Crippen LogP contribution >= 0.6 is 0 Å². The van der Waals surface area contributed by atoms with E-state index in [0.29, 0.717) is 23.5 Å². The fourth-order valence-corrected chi connectivity index (χ4v) is 3.48. The number of aryl methyl sites for hydroxylation is 2. The summed E-state index contributed by atoms with van der Waals surface area (Å²) in [5.74, 6) is -0.486. The first-order valence-corrected chi connectivity index (χ1v) is 10.7. The van der Waals surface area contributed by atoms with Gasteiger partial charge in [-0.25, -0.2) is 4.68 Å². The zero-order valence-electron chi connectivity index (χ0n) is 18.8. The van der Waals surface area contributed by atoms with Crippen molar-refractivity contribution in [3.05, 3.63) is 106 Å². The van der Waals surface area contributed by atoms with Gasteiger partial charge in [0.05, 0.1) is 11.4 Å². The summed E-state index contributed by atoms with van der Waals surface area (Å²) in [7, 11) is 0. The Morgan fingerprint density at radius 2 is 1.61 bits per heavy atom. The first-order valence-electron chi connectivity index (χ1n) is 10.7. The minimum absolute atomic E-state index is 0.181. The van der Waals surface area contributed by atoms with Gasteiger partial charge in [-0.3, -0.25) is 9.59 Å². The van der Waals surface area contributed by atoms with Crippen molar-refractivity contribution in [3.63, 3.8) is 0 Å². The van der Waals surface area contributed by atoms with Crippen LogP contribution < -0.4 is 10.6 Å². The van der Waals surface area contributed by atoms with Crippen LogP contribution in [0.3, 0.4) is 0 Å². The Bertz CT molecular complexity index is 1310. The molecule has 0 saturated heterocycles. The topological polar surface area (TPSA) is 88.9 Å². The predicted molar refractivity (Wildman–Crippen MR) is 128 cm³/mol. The maximum atomic E-state index is 12.7. The Kier molecular flexibility index (Phi) is 6.31. The van der Waals surface area contributed by atoms with Gasteiger partial charge in [0.2, 0.25) is 0 Å². The number of nitrogens with zero attached hydrogens (tertiary/aromatic N) is 3. The van der Waals surface area contributed by atoms with E-state index in [9.17, 15) is 9.59 Å². The molecule has 0 aliphatic rings. The van der Waals surface area contributed by atoms with Crippen molar-refractivity contribution in [1.82, 2.24) is 20.3 Å². The second-order valence-corrected chi connectivity index (χ2v) is 7.98. The Balaban J connectivity index is 1.41. The highest BCUT2D eigenvalue weighted by Gasteiger charge is 2.17. The first kappa shape index (κ1) is 22.0. The average molecular weight is 440 g/mol. The lowest BCUT2D eigenvalue weighted by atomic mass is 10.1. The van der Waals surface area contributed by atoms with Crippen LogP contribution in [0.15, 0.2) is 72.8 Å². The second-order valence-electron chi connectivity index (χ2n) is 7.98. The van der Waals surface area contributed by atoms with E-state index in [-0.39, 0.29) is 17.5 Å². The van der Waals surface area contributed by atoms with E-state index in [1.165, 1.54) is 0 Å². The SMILES string of the molecule is Cc1ccc(C(=O)Nc2cccc(CNC(=O)c3nnn(-c4cccc(C)c4)c3C)c2)cc1. The van der Waals surface area contributed by atoms with Crippen molar-refractivity contribution in [1.29, 1.82) is 0 Å². The highest BCUT2D eigenvalue weighted by Crippen LogP contribution is 2.15. The molecule has 33 heavy (non-hydrogen) atoms. The van der Waals surface area contributed by atoms with Crippen molar-refractivity contribution in [2.45, 2.75) is 27.3 Å². The van der Waals surface area contributed by atoms with Gasteiger partial charge in [-0.05, 0) is 68.3 Å². The normalized spacial score (nSPS) is 10.6. The minimum Gasteiger partial charge on any atom is -0.347 e. The van der Waals surface area contributed by atoms with Gasteiger partial charge in [-0.15, -0.1) is 5.10 Å². The summed E-state index contributed by atoms with van der Waals surface area (Å²) in [5, 5.41) is 14.0. The summed E-state index contributed by atoms with van der Waals surface area (Å²) in [5.41, 5.74) is 6.10. The van der Waals surface area contributed by atoms with Gasteiger partial charge in [-0.2, -0.15) is 0 Å². The predicted octanol–water partition coefficient (Wildman–Crippen LogP) is 4.37. The molecule has 0 aliphatic heterocycles. The summed E-state index contributed by atoms with van der Waals surface area (Å²) in [6.45, 7) is 6.09. The Hall–Kier alpha value is -4.26. The Labute approximate surface area is 192 Å². The van der Waals surface area contributed by atoms with Crippen LogP contribution in [0.4, 0.5) is 5.69 Å². The quantitative estimate of drug-likeness (QED) is 0.467. The fourth-order valence-electron chi connectivity index (χ4n) is 3.48. The van der Waals surface area contributed by atoms with E-state index in [0.717, 1.165) is 22.4 Å². The molecule has 0 atom stereocenters. The van der Waals surface area contributed by atoms with Crippen LogP contribution in [0.1, 0.15) is 43.2 Å². The van der Waals surface area contributed by atoms with Crippen molar-refractivity contribution < 1.29 is 9.59 Å². The maximum absolute atomic E-state index is 12.7. The number of anilines is 1. The average Bonchev–Trinajstić information content (AvgIpc) is 3.19. The van der Waals surface area contributed by atoms with Gasteiger partial charge in [0.1, 0.15) is 0 Å². The zero-order valence-corrected chi connectivity index (χ0v) is 18.8. The third-order valence-electron chi connectivity index (χ3n) is 5.31. The highest BCUT2D eigenvalue weighted by molar-refractivity contribution is 6.04. The second kappa shape index (κ2) is 9.48. The van der Waals surface area contributed by atoms with E-state index in [1.807, 2.05) is 81.4 Å². The molecule has 1 heterocycles. The molecule has 0 saturated carbocycles. The summed E-state index contributed by atoms with van der Waals surface area (Å²) in [4.78, 5) is 25.2. The molecule has 166 valence electrons. The number of hydrogen-bond donors (Lipinski definition) is 2. The number of amides is 2. The molecule has 2 N–H and O–H groups in total. The summed E-state index contributed by atoms with van der Waals surface area (Å²) in [6.07, 6.45) is 0. The van der Waals surface area contributed by atoms with Gasteiger partial charge < -0.3 is 10.6 Å². The van der Waals surface area contributed by atoms with E-state index in [1.54, 1.807) is 16.8 Å². The van der Waals surface area contributed by atoms with E-state index >= 15 is 0 Å². The van der Waals surface area contributed by atoms with Crippen LogP contribution in [0.2, 0.25) is 0 Å². The monoisotopic (exact) mass is 439 g/mol. The van der Waals surface area contributed by atoms with Gasteiger partial charge >= 0.3 is 0 Å². The number of carbonyl (C=O) groups is 2. The van der Waals surface area contributed by atoms with Gasteiger partial charge in [0.25, 0.3) is 11.8 Å². The zero-order chi connectivity index (χ0) is 23.4. The molecule has 4 aromatic rings. The van der Waals surface area contributed by atoms with Crippen LogP contribution in [0, 0.1) is 20.8 Å². The van der Waals surface area contributed by atoms with E-state index < -0.39 is 0 Å². The molecular weight excluding hydrogens is 414 g/mol. The van der Waals surface area contributed by atoms with Gasteiger partial charge in [0.15, 0.2) is 5.69 Å². The third kappa shape index (κ3) is 5.15. The van der Waals surface area contributed by atoms with Gasteiger partial charge in [0, 0.05) is 17.8 Å². The number of nitrogens with one attached hydrogen (secondary N) is 2. The number of benzene rings is 3. The summed E-state index contributed by atoms with van der Waals surface area (Å²) >= 11 is 0. The molecule has 0 spiro atoms. The molecule has 0 bridgehead atoms. The third-order valence-corrected chi connectivity index (χ3v) is 5.31. The van der Waals surface area contributed by atoms with Crippen molar-refractivity contribution >= 4 is 17.5 Å². The molecule has 7 nitrogen and oxygen atoms in total. The van der Waals surface area contributed by atoms with Crippen molar-refractivity contribution in [2.75, 3.05) is 5.32 Å². The van der Waals surface area contributed by atoms with Crippen molar-refractivity contribution in [2.24, 2.45) is 0 Å². The van der Waals surface area contributed by atoms with Crippen LogP contribution in [0.5, 0.6) is 0 Å². The van der Waals surface area contributed by atoms with Crippen LogP contribution in [-0.2, 0) is 6.54 Å². The lowest BCUT2D eigenvalue weighted by Gasteiger charge is -2.09. The largest absolute Gasteiger partial charge is 0.347 e. The lowest BCUT2D eigenvalue weighted by molar-refractivity contribution is 0.0944. The number of aromatic nitrogens is 3. The maximum Gasteiger partial charge on any atom is 0.274 e.